The highest BCUT2D eigenvalue weighted by Gasteiger charge is 2.19. The summed E-state index contributed by atoms with van der Waals surface area (Å²) in [6.07, 6.45) is -0.362. The van der Waals surface area contributed by atoms with Gasteiger partial charge in [-0.15, -0.1) is 11.8 Å². The number of aliphatic hydroxyl groups excluding tert-OH is 1. The molecule has 0 amide bonds. The molecule has 1 fully saturated rings. The first kappa shape index (κ1) is 18.9. The Morgan fingerprint density at radius 3 is 2.48 bits per heavy atom. The van der Waals surface area contributed by atoms with Gasteiger partial charge in [-0.1, -0.05) is 41.4 Å². The normalized spacial score (nSPS) is 16.8. The van der Waals surface area contributed by atoms with E-state index in [-0.39, 0.29) is 6.10 Å². The van der Waals surface area contributed by atoms with E-state index >= 15 is 0 Å². The maximum Gasteiger partial charge on any atom is 0.0760 e. The van der Waals surface area contributed by atoms with Crippen LogP contribution in [0.5, 0.6) is 0 Å². The Morgan fingerprint density at radius 2 is 1.76 bits per heavy atom. The van der Waals surface area contributed by atoms with Crippen LogP contribution in [0.15, 0.2) is 53.4 Å². The van der Waals surface area contributed by atoms with Crippen molar-refractivity contribution in [3.05, 3.63) is 58.6 Å². The highest BCUT2D eigenvalue weighted by atomic mass is 35.5. The Bertz CT molecular complexity index is 693. The molecule has 2 aromatic carbocycles. The van der Waals surface area contributed by atoms with E-state index in [4.69, 9.17) is 23.2 Å². The minimum absolute atomic E-state index is 0.362. The highest BCUT2D eigenvalue weighted by molar-refractivity contribution is 7.99. The van der Waals surface area contributed by atoms with Gasteiger partial charge in [0.1, 0.15) is 0 Å². The number of hydrogen-bond donors (Lipinski definition) is 1. The summed E-state index contributed by atoms with van der Waals surface area (Å²) >= 11 is 13.8. The molecule has 1 saturated heterocycles. The Hall–Kier alpha value is -0.910. The second kappa shape index (κ2) is 9.15. The van der Waals surface area contributed by atoms with Gasteiger partial charge >= 0.3 is 0 Å². The molecule has 134 valence electrons. The Morgan fingerprint density at radius 1 is 1.00 bits per heavy atom. The maximum absolute atomic E-state index is 10.3. The van der Waals surface area contributed by atoms with Crippen molar-refractivity contribution in [2.24, 2.45) is 0 Å². The van der Waals surface area contributed by atoms with E-state index < -0.39 is 0 Å². The molecule has 25 heavy (non-hydrogen) atoms. The van der Waals surface area contributed by atoms with Crippen molar-refractivity contribution in [1.29, 1.82) is 0 Å². The first-order valence-corrected chi connectivity index (χ1v) is 10.1. The van der Waals surface area contributed by atoms with Crippen LogP contribution in [0.1, 0.15) is 0 Å². The number of rotatable bonds is 6. The molecule has 0 aliphatic carbocycles. The molecule has 0 aromatic heterocycles. The second-order valence-electron chi connectivity index (χ2n) is 6.16. The van der Waals surface area contributed by atoms with Crippen LogP contribution in [-0.4, -0.2) is 54.6 Å². The van der Waals surface area contributed by atoms with E-state index in [0.29, 0.717) is 12.3 Å². The van der Waals surface area contributed by atoms with Crippen molar-refractivity contribution in [3.8, 4) is 0 Å². The second-order valence-corrected chi connectivity index (χ2v) is 8.07. The number of anilines is 1. The summed E-state index contributed by atoms with van der Waals surface area (Å²) in [6.45, 7) is 4.48. The number of thioether (sulfide) groups is 1. The van der Waals surface area contributed by atoms with Gasteiger partial charge in [0.15, 0.2) is 0 Å². The highest BCUT2D eigenvalue weighted by Crippen LogP contribution is 2.27. The molecule has 2 aromatic rings. The van der Waals surface area contributed by atoms with Crippen LogP contribution in [0.2, 0.25) is 10.0 Å². The summed E-state index contributed by atoms with van der Waals surface area (Å²) in [5.74, 6) is 0.651. The van der Waals surface area contributed by atoms with E-state index in [2.05, 4.69) is 15.9 Å². The molecule has 0 unspecified atom stereocenters. The van der Waals surface area contributed by atoms with Crippen LogP contribution in [0.4, 0.5) is 5.69 Å². The fourth-order valence-corrected chi connectivity index (χ4v) is 4.30. The third-order valence-corrected chi connectivity index (χ3v) is 6.18. The van der Waals surface area contributed by atoms with Crippen LogP contribution < -0.4 is 4.90 Å². The number of benzene rings is 2. The lowest BCUT2D eigenvalue weighted by Gasteiger charge is -2.37. The van der Waals surface area contributed by atoms with Gasteiger partial charge in [0.25, 0.3) is 0 Å². The van der Waals surface area contributed by atoms with Crippen molar-refractivity contribution < 1.29 is 5.11 Å². The van der Waals surface area contributed by atoms with E-state index in [1.807, 2.05) is 42.5 Å². The van der Waals surface area contributed by atoms with Crippen molar-refractivity contribution in [2.75, 3.05) is 43.4 Å². The molecule has 3 rings (SSSR count). The zero-order valence-corrected chi connectivity index (χ0v) is 16.3. The standard InChI is InChI=1S/C19H22Cl2N2OS/c20-15-4-3-5-16(12-15)23-10-8-22(9-11-23)13-17(24)14-25-19-7-2-1-6-18(19)21/h1-7,12,17,24H,8-11,13-14H2/t17-/m1/s1. The molecule has 1 N–H and O–H groups in total. The third-order valence-electron chi connectivity index (χ3n) is 4.28. The van der Waals surface area contributed by atoms with Crippen LogP contribution in [0.3, 0.4) is 0 Å². The number of β-amino-alcohol motifs (C(OH)–C–C–N with tert-alkyl or cyclic N) is 1. The summed E-state index contributed by atoms with van der Waals surface area (Å²) in [7, 11) is 0. The van der Waals surface area contributed by atoms with Gasteiger partial charge in [-0.25, -0.2) is 0 Å². The fraction of sp³-hybridized carbons (Fsp3) is 0.368. The SMILES string of the molecule is O[C@@H](CSc1ccccc1Cl)CN1CCN(c2cccc(Cl)c2)CC1. The quantitative estimate of drug-likeness (QED) is 0.737. The summed E-state index contributed by atoms with van der Waals surface area (Å²) < 4.78 is 0. The van der Waals surface area contributed by atoms with E-state index in [0.717, 1.165) is 41.1 Å². The minimum Gasteiger partial charge on any atom is -0.391 e. The Balaban J connectivity index is 1.43. The molecular weight excluding hydrogens is 375 g/mol. The molecule has 6 heteroatoms. The molecule has 3 nitrogen and oxygen atoms in total. The Kier molecular flexibility index (Phi) is 6.91. The lowest BCUT2D eigenvalue weighted by Crippen LogP contribution is -2.48. The molecule has 1 aliphatic rings. The van der Waals surface area contributed by atoms with E-state index in [1.54, 1.807) is 11.8 Å². The van der Waals surface area contributed by atoms with Crippen molar-refractivity contribution in [1.82, 2.24) is 4.90 Å². The van der Waals surface area contributed by atoms with Gasteiger partial charge in [-0.2, -0.15) is 0 Å². The van der Waals surface area contributed by atoms with Gasteiger partial charge in [-0.05, 0) is 30.3 Å². The zero-order chi connectivity index (χ0) is 17.6. The van der Waals surface area contributed by atoms with Gasteiger partial charge < -0.3 is 10.0 Å². The lowest BCUT2D eigenvalue weighted by molar-refractivity contribution is 0.126. The summed E-state index contributed by atoms with van der Waals surface area (Å²) in [5, 5.41) is 11.9. The topological polar surface area (TPSA) is 26.7 Å². The first-order valence-electron chi connectivity index (χ1n) is 8.40. The molecule has 1 heterocycles. The largest absolute Gasteiger partial charge is 0.391 e. The predicted molar refractivity (Wildman–Crippen MR) is 108 cm³/mol. The number of halogens is 2. The molecule has 0 spiro atoms. The van der Waals surface area contributed by atoms with Crippen LogP contribution >= 0.6 is 35.0 Å². The van der Waals surface area contributed by atoms with Gasteiger partial charge in [-0.3, -0.25) is 4.90 Å². The monoisotopic (exact) mass is 396 g/mol. The number of piperazine rings is 1. The smallest absolute Gasteiger partial charge is 0.0760 e. The molecule has 0 saturated carbocycles. The van der Waals surface area contributed by atoms with Crippen molar-refractivity contribution in [3.63, 3.8) is 0 Å². The summed E-state index contributed by atoms with van der Waals surface area (Å²) in [5.41, 5.74) is 1.17. The van der Waals surface area contributed by atoms with E-state index in [1.165, 1.54) is 5.69 Å². The summed E-state index contributed by atoms with van der Waals surface area (Å²) in [4.78, 5) is 5.68. The minimum atomic E-state index is -0.362. The van der Waals surface area contributed by atoms with Crippen molar-refractivity contribution >= 4 is 40.7 Å². The number of nitrogens with zero attached hydrogens (tertiary/aromatic N) is 2. The lowest BCUT2D eigenvalue weighted by atomic mass is 10.2. The molecule has 1 atom stereocenters. The van der Waals surface area contributed by atoms with Crippen LogP contribution in [-0.2, 0) is 0 Å². The van der Waals surface area contributed by atoms with Gasteiger partial charge in [0.05, 0.1) is 11.1 Å². The van der Waals surface area contributed by atoms with Crippen LogP contribution in [0, 0.1) is 0 Å². The van der Waals surface area contributed by atoms with Crippen molar-refractivity contribution in [2.45, 2.75) is 11.0 Å². The number of aliphatic hydroxyl groups is 1. The Labute approximate surface area is 163 Å². The van der Waals surface area contributed by atoms with Gasteiger partial charge in [0.2, 0.25) is 0 Å². The molecule has 0 radical (unpaired) electrons. The average Bonchev–Trinajstić information content (AvgIpc) is 2.62. The van der Waals surface area contributed by atoms with Crippen LogP contribution in [0.25, 0.3) is 0 Å². The molecule has 1 aliphatic heterocycles. The van der Waals surface area contributed by atoms with E-state index in [9.17, 15) is 5.11 Å². The molecule has 0 bridgehead atoms. The fourth-order valence-electron chi connectivity index (χ4n) is 2.96. The van der Waals surface area contributed by atoms with Gasteiger partial charge in [0, 0.05) is 54.1 Å². The third kappa shape index (κ3) is 5.53. The number of hydrogen-bond acceptors (Lipinski definition) is 4. The predicted octanol–water partition coefficient (Wildman–Crippen LogP) is 4.27. The average molecular weight is 397 g/mol. The summed E-state index contributed by atoms with van der Waals surface area (Å²) in [6, 6.07) is 15.7. The first-order chi connectivity index (χ1) is 12.1. The zero-order valence-electron chi connectivity index (χ0n) is 13.9. The maximum atomic E-state index is 10.3. The molecular formula is C19H22Cl2N2OS.